The van der Waals surface area contributed by atoms with Crippen LogP contribution >= 0.6 is 27.3 Å². The van der Waals surface area contributed by atoms with Gasteiger partial charge in [-0.2, -0.15) is 0 Å². The zero-order valence-corrected chi connectivity index (χ0v) is 12.6. The second-order valence-corrected chi connectivity index (χ2v) is 6.05. The van der Waals surface area contributed by atoms with Crippen LogP contribution in [0.25, 0.3) is 0 Å². The van der Waals surface area contributed by atoms with Gasteiger partial charge in [-0.1, -0.05) is 0 Å². The SMILES string of the molecule is NNC(Cc1cc(Br)cs1)c1c(F)c(F)c(F)c(F)c1F. The molecule has 9 heteroatoms. The Balaban J connectivity index is 2.47. The van der Waals surface area contributed by atoms with Crippen LogP contribution in [0.15, 0.2) is 15.9 Å². The molecule has 0 aliphatic carbocycles. The van der Waals surface area contributed by atoms with Crippen LogP contribution in [0.1, 0.15) is 16.5 Å². The van der Waals surface area contributed by atoms with Crippen molar-refractivity contribution in [1.29, 1.82) is 0 Å². The minimum atomic E-state index is -2.19. The van der Waals surface area contributed by atoms with E-state index >= 15 is 0 Å². The molecule has 1 heterocycles. The number of hydrogen-bond donors (Lipinski definition) is 2. The van der Waals surface area contributed by atoms with Gasteiger partial charge in [-0.3, -0.25) is 11.3 Å². The highest BCUT2D eigenvalue weighted by Gasteiger charge is 2.30. The van der Waals surface area contributed by atoms with E-state index < -0.39 is 40.7 Å². The molecule has 0 aliphatic rings. The zero-order chi connectivity index (χ0) is 15.7. The van der Waals surface area contributed by atoms with E-state index in [4.69, 9.17) is 5.84 Å². The molecule has 1 aromatic carbocycles. The van der Waals surface area contributed by atoms with Crippen LogP contribution in [0.3, 0.4) is 0 Å². The summed E-state index contributed by atoms with van der Waals surface area (Å²) in [5.74, 6) is -4.73. The van der Waals surface area contributed by atoms with Gasteiger partial charge < -0.3 is 0 Å². The predicted octanol–water partition coefficient (Wildman–Crippen LogP) is 3.95. The molecule has 21 heavy (non-hydrogen) atoms. The average Bonchev–Trinajstić information content (AvgIpc) is 2.87. The first kappa shape index (κ1) is 16.3. The first-order chi connectivity index (χ1) is 9.86. The smallest absolute Gasteiger partial charge is 0.200 e. The van der Waals surface area contributed by atoms with Gasteiger partial charge in [-0.25, -0.2) is 22.0 Å². The molecule has 0 saturated heterocycles. The van der Waals surface area contributed by atoms with Crippen molar-refractivity contribution < 1.29 is 22.0 Å². The maximum atomic E-state index is 13.7. The Hall–Kier alpha value is -1.03. The molecule has 3 N–H and O–H groups in total. The lowest BCUT2D eigenvalue weighted by molar-refractivity contribution is 0.356. The molecule has 1 unspecified atom stereocenters. The molecule has 0 radical (unpaired) electrons. The molecule has 2 rings (SSSR count). The lowest BCUT2D eigenvalue weighted by Gasteiger charge is -2.18. The number of halogens is 6. The minimum Gasteiger partial charge on any atom is -0.271 e. The number of nitrogens with one attached hydrogen (secondary N) is 1. The molecule has 2 nitrogen and oxygen atoms in total. The Bertz CT molecular complexity index is 647. The molecule has 0 amide bonds. The highest BCUT2D eigenvalue weighted by molar-refractivity contribution is 9.10. The van der Waals surface area contributed by atoms with Gasteiger partial charge in [0.05, 0.1) is 6.04 Å². The molecule has 2 aromatic rings. The highest BCUT2D eigenvalue weighted by Crippen LogP contribution is 2.31. The fourth-order valence-electron chi connectivity index (χ4n) is 1.83. The summed E-state index contributed by atoms with van der Waals surface area (Å²) in [6.07, 6.45) is -0.0227. The van der Waals surface area contributed by atoms with Crippen molar-refractivity contribution in [3.8, 4) is 0 Å². The van der Waals surface area contributed by atoms with Gasteiger partial charge in [-0.05, 0) is 22.0 Å². The van der Waals surface area contributed by atoms with Gasteiger partial charge in [0.2, 0.25) is 5.82 Å². The van der Waals surface area contributed by atoms with Gasteiger partial charge in [0, 0.05) is 26.7 Å². The van der Waals surface area contributed by atoms with E-state index in [9.17, 15) is 22.0 Å². The van der Waals surface area contributed by atoms with Crippen LogP contribution in [0.5, 0.6) is 0 Å². The molecular weight excluding hydrogens is 379 g/mol. The van der Waals surface area contributed by atoms with E-state index in [1.807, 2.05) is 0 Å². The number of rotatable bonds is 4. The summed E-state index contributed by atoms with van der Waals surface area (Å²) in [6.45, 7) is 0. The Kier molecular flexibility index (Phi) is 4.97. The Labute approximate surface area is 128 Å². The summed E-state index contributed by atoms with van der Waals surface area (Å²) in [6, 6.07) is 0.418. The number of hydrazine groups is 1. The molecule has 0 bridgehead atoms. The maximum absolute atomic E-state index is 13.7. The number of thiophene rings is 1. The highest BCUT2D eigenvalue weighted by atomic mass is 79.9. The molecule has 114 valence electrons. The molecule has 1 atom stereocenters. The van der Waals surface area contributed by atoms with Crippen molar-refractivity contribution in [2.24, 2.45) is 5.84 Å². The Morgan fingerprint density at radius 1 is 1.05 bits per heavy atom. The van der Waals surface area contributed by atoms with Gasteiger partial charge in [0.15, 0.2) is 23.3 Å². The lowest BCUT2D eigenvalue weighted by Crippen LogP contribution is -2.31. The first-order valence-corrected chi connectivity index (χ1v) is 7.24. The predicted molar refractivity (Wildman–Crippen MR) is 72.0 cm³/mol. The van der Waals surface area contributed by atoms with Gasteiger partial charge in [0.25, 0.3) is 0 Å². The van der Waals surface area contributed by atoms with E-state index in [1.165, 1.54) is 11.3 Å². The first-order valence-electron chi connectivity index (χ1n) is 5.57. The van der Waals surface area contributed by atoms with Gasteiger partial charge in [-0.15, -0.1) is 11.3 Å². The fraction of sp³-hybridized carbons (Fsp3) is 0.167. The van der Waals surface area contributed by atoms with Crippen molar-refractivity contribution in [2.75, 3.05) is 0 Å². The van der Waals surface area contributed by atoms with Crippen LogP contribution < -0.4 is 11.3 Å². The van der Waals surface area contributed by atoms with Crippen molar-refractivity contribution in [2.45, 2.75) is 12.5 Å². The second kappa shape index (κ2) is 6.39. The quantitative estimate of drug-likeness (QED) is 0.274. The average molecular weight is 387 g/mol. The molecule has 0 saturated carbocycles. The van der Waals surface area contributed by atoms with E-state index in [0.29, 0.717) is 4.88 Å². The van der Waals surface area contributed by atoms with E-state index in [1.54, 1.807) is 11.4 Å². The zero-order valence-electron chi connectivity index (χ0n) is 10.2. The third-order valence-corrected chi connectivity index (χ3v) is 4.54. The van der Waals surface area contributed by atoms with Crippen molar-refractivity contribution in [1.82, 2.24) is 5.43 Å². The summed E-state index contributed by atoms with van der Waals surface area (Å²) < 4.78 is 67.6. The van der Waals surface area contributed by atoms with E-state index in [-0.39, 0.29) is 6.42 Å². The third-order valence-electron chi connectivity index (χ3n) is 2.82. The van der Waals surface area contributed by atoms with Crippen molar-refractivity contribution in [3.05, 3.63) is 55.4 Å². The molecule has 1 aromatic heterocycles. The summed E-state index contributed by atoms with van der Waals surface area (Å²) in [5, 5.41) is 1.72. The summed E-state index contributed by atoms with van der Waals surface area (Å²) in [4.78, 5) is 0.661. The fourth-order valence-corrected chi connectivity index (χ4v) is 3.33. The van der Waals surface area contributed by atoms with Crippen LogP contribution in [0.4, 0.5) is 22.0 Å². The lowest BCUT2D eigenvalue weighted by atomic mass is 10.0. The maximum Gasteiger partial charge on any atom is 0.200 e. The summed E-state index contributed by atoms with van der Waals surface area (Å²) in [5.41, 5.74) is 1.11. The summed E-state index contributed by atoms with van der Waals surface area (Å²) in [7, 11) is 0. The molecular formula is C12H8BrF5N2S. The topological polar surface area (TPSA) is 38.0 Å². The molecule has 0 spiro atoms. The molecule has 0 aliphatic heterocycles. The Morgan fingerprint density at radius 3 is 2.00 bits per heavy atom. The van der Waals surface area contributed by atoms with Gasteiger partial charge >= 0.3 is 0 Å². The van der Waals surface area contributed by atoms with Crippen LogP contribution in [0, 0.1) is 29.1 Å². The van der Waals surface area contributed by atoms with Crippen LogP contribution in [-0.2, 0) is 6.42 Å². The van der Waals surface area contributed by atoms with Crippen LogP contribution in [0.2, 0.25) is 0 Å². The largest absolute Gasteiger partial charge is 0.271 e. The van der Waals surface area contributed by atoms with Crippen molar-refractivity contribution in [3.63, 3.8) is 0 Å². The van der Waals surface area contributed by atoms with E-state index in [2.05, 4.69) is 21.4 Å². The standard InChI is InChI=1S/C12H8BrF5N2S/c13-4-1-5(21-3-4)2-6(20-19)7-8(14)10(16)12(18)11(17)9(7)15/h1,3,6,20H,2,19H2. The van der Waals surface area contributed by atoms with Crippen molar-refractivity contribution >= 4 is 27.3 Å². The minimum absolute atomic E-state index is 0.0227. The third kappa shape index (κ3) is 3.10. The van der Waals surface area contributed by atoms with E-state index in [0.717, 1.165) is 4.47 Å². The normalized spacial score (nSPS) is 12.7. The Morgan fingerprint density at radius 2 is 1.57 bits per heavy atom. The number of hydrogen-bond acceptors (Lipinski definition) is 3. The second-order valence-electron chi connectivity index (χ2n) is 4.14. The number of benzene rings is 1. The monoisotopic (exact) mass is 386 g/mol. The molecule has 0 fully saturated rings. The number of nitrogens with two attached hydrogens (primary N) is 1. The van der Waals surface area contributed by atoms with Gasteiger partial charge in [0.1, 0.15) is 0 Å². The summed E-state index contributed by atoms with van der Waals surface area (Å²) >= 11 is 4.47. The van der Waals surface area contributed by atoms with Crippen LogP contribution in [-0.4, -0.2) is 0 Å².